The second-order valence-electron chi connectivity index (χ2n) is 11.8. The number of pyridine rings is 1. The predicted octanol–water partition coefficient (Wildman–Crippen LogP) is 4.75. The van der Waals surface area contributed by atoms with Gasteiger partial charge in [0, 0.05) is 19.3 Å². The molecule has 0 bridgehead atoms. The summed E-state index contributed by atoms with van der Waals surface area (Å²) >= 11 is 0. The second kappa shape index (κ2) is 11.6. The van der Waals surface area contributed by atoms with Crippen LogP contribution in [-0.4, -0.2) is 77.5 Å². The van der Waals surface area contributed by atoms with Gasteiger partial charge in [0.2, 0.25) is 0 Å². The maximum atomic E-state index is 13.7. The zero-order valence-electron chi connectivity index (χ0n) is 25.8. The van der Waals surface area contributed by atoms with Crippen LogP contribution in [0.5, 0.6) is 0 Å². The van der Waals surface area contributed by atoms with Crippen LogP contribution in [0.25, 0.3) is 0 Å². The van der Waals surface area contributed by atoms with E-state index < -0.39 is 90.2 Å². The molecule has 256 valence electrons. The molecule has 0 aliphatic carbocycles. The number of urea groups is 2. The SMILES string of the molecule is CC1(C)C(=O)N(c2ccc(S(C)(=O)=O)c(C(F)(F)F)c2)C(=O)N1CC=CCN1C(=O)N(c2cnc(C#N)c(C(F)(F)F)c2)C(=O)C1(C)C. The van der Waals surface area contributed by atoms with E-state index in [2.05, 4.69) is 4.98 Å². The summed E-state index contributed by atoms with van der Waals surface area (Å²) in [5, 5.41) is 9.00. The molecule has 2 aliphatic heterocycles. The van der Waals surface area contributed by atoms with Crippen molar-refractivity contribution in [3.63, 3.8) is 0 Å². The normalized spacial score (nSPS) is 18.5. The molecular formula is C29H26F6N6O6S. The van der Waals surface area contributed by atoms with Crippen LogP contribution in [0.4, 0.5) is 47.3 Å². The first-order valence-corrected chi connectivity index (χ1v) is 15.6. The molecule has 6 amide bonds. The topological polar surface area (TPSA) is 152 Å². The number of nitrogens with zero attached hydrogens (tertiary/aromatic N) is 6. The number of rotatable bonds is 7. The third-order valence-electron chi connectivity index (χ3n) is 7.86. The van der Waals surface area contributed by atoms with Gasteiger partial charge in [-0.25, -0.2) is 32.8 Å². The quantitative estimate of drug-likeness (QED) is 0.228. The zero-order valence-corrected chi connectivity index (χ0v) is 26.6. The first-order chi connectivity index (χ1) is 21.9. The summed E-state index contributed by atoms with van der Waals surface area (Å²) in [7, 11) is -4.33. The van der Waals surface area contributed by atoms with Gasteiger partial charge in [-0.05, 0) is 52.0 Å². The van der Waals surface area contributed by atoms with Crippen molar-refractivity contribution in [2.24, 2.45) is 0 Å². The van der Waals surface area contributed by atoms with Crippen LogP contribution in [0.3, 0.4) is 0 Å². The molecule has 19 heteroatoms. The molecule has 3 heterocycles. The number of nitriles is 1. The summed E-state index contributed by atoms with van der Waals surface area (Å²) in [5.74, 6) is -1.80. The lowest BCUT2D eigenvalue weighted by Gasteiger charge is -2.27. The average Bonchev–Trinajstić information content (AvgIpc) is 3.24. The van der Waals surface area contributed by atoms with Crippen LogP contribution < -0.4 is 9.80 Å². The van der Waals surface area contributed by atoms with E-state index in [4.69, 9.17) is 5.26 Å². The van der Waals surface area contributed by atoms with Gasteiger partial charge >= 0.3 is 24.4 Å². The Kier molecular flexibility index (Phi) is 8.67. The van der Waals surface area contributed by atoms with E-state index in [9.17, 15) is 53.9 Å². The van der Waals surface area contributed by atoms with Crippen molar-refractivity contribution in [2.45, 2.75) is 56.0 Å². The summed E-state index contributed by atoms with van der Waals surface area (Å²) in [6.07, 6.45) is -6.09. The molecule has 0 saturated carbocycles. The number of halogens is 6. The molecule has 0 spiro atoms. The van der Waals surface area contributed by atoms with Crippen LogP contribution in [0.1, 0.15) is 44.5 Å². The highest BCUT2D eigenvalue weighted by atomic mass is 32.2. The van der Waals surface area contributed by atoms with Crippen LogP contribution in [0, 0.1) is 11.3 Å². The Bertz CT molecular complexity index is 1920. The lowest BCUT2D eigenvalue weighted by Crippen LogP contribution is -2.45. The minimum atomic E-state index is -5.13. The van der Waals surface area contributed by atoms with Crippen LogP contribution in [0.2, 0.25) is 0 Å². The van der Waals surface area contributed by atoms with Crippen molar-refractivity contribution in [3.05, 3.63) is 59.4 Å². The molecule has 0 radical (unpaired) electrons. The van der Waals surface area contributed by atoms with Crippen molar-refractivity contribution < 1.29 is 53.9 Å². The van der Waals surface area contributed by atoms with E-state index >= 15 is 0 Å². The highest BCUT2D eigenvalue weighted by Gasteiger charge is 2.53. The summed E-state index contributed by atoms with van der Waals surface area (Å²) < 4.78 is 106. The molecule has 2 aromatic rings. The first kappa shape index (κ1) is 35.9. The summed E-state index contributed by atoms with van der Waals surface area (Å²) in [4.78, 5) is 58.4. The molecule has 48 heavy (non-hydrogen) atoms. The minimum Gasteiger partial charge on any atom is -0.306 e. The van der Waals surface area contributed by atoms with Crippen molar-refractivity contribution in [1.82, 2.24) is 14.8 Å². The Morgan fingerprint density at radius 2 is 1.23 bits per heavy atom. The van der Waals surface area contributed by atoms with Crippen molar-refractivity contribution in [1.29, 1.82) is 5.26 Å². The lowest BCUT2D eigenvalue weighted by molar-refractivity contribution is -0.140. The van der Waals surface area contributed by atoms with Gasteiger partial charge in [0.25, 0.3) is 11.8 Å². The number of benzene rings is 1. The molecule has 0 N–H and O–H groups in total. The standard InChI is InChI=1S/C29H26F6N6O6S/c1-26(2)22(42)40(16-8-9-21(48(5,46)47)19(12-16)29(33,34)35)24(44)38(26)10-6-7-11-39-25(45)41(23(43)27(39,3)4)17-13-18(28(30,31)32)20(14-36)37-15-17/h6-9,12-13,15H,10-11H2,1-5H3. The third-order valence-corrected chi connectivity index (χ3v) is 9.01. The number of imide groups is 2. The minimum absolute atomic E-state index is 0.300. The Hall–Kier alpha value is -4.99. The molecular weight excluding hydrogens is 674 g/mol. The second-order valence-corrected chi connectivity index (χ2v) is 13.8. The fraction of sp³-hybridized carbons (Fsp3) is 0.379. The number of hydrogen-bond acceptors (Lipinski definition) is 8. The number of carbonyl (C=O) groups excluding carboxylic acids is 4. The Balaban J connectivity index is 1.57. The van der Waals surface area contributed by atoms with Crippen molar-refractivity contribution in [2.75, 3.05) is 29.1 Å². The highest BCUT2D eigenvalue weighted by Crippen LogP contribution is 2.40. The van der Waals surface area contributed by atoms with E-state index in [1.165, 1.54) is 45.9 Å². The van der Waals surface area contributed by atoms with E-state index in [1.807, 2.05) is 0 Å². The fourth-order valence-corrected chi connectivity index (χ4v) is 6.07. The van der Waals surface area contributed by atoms with Crippen molar-refractivity contribution in [3.8, 4) is 6.07 Å². The largest absolute Gasteiger partial charge is 0.419 e. The zero-order chi connectivity index (χ0) is 36.4. The monoisotopic (exact) mass is 700 g/mol. The predicted molar refractivity (Wildman–Crippen MR) is 155 cm³/mol. The van der Waals surface area contributed by atoms with E-state index in [-0.39, 0.29) is 13.1 Å². The van der Waals surface area contributed by atoms with Gasteiger partial charge in [-0.2, -0.15) is 31.6 Å². The molecule has 1 aromatic carbocycles. The number of anilines is 2. The average molecular weight is 701 g/mol. The number of carbonyl (C=O) groups is 4. The molecule has 12 nitrogen and oxygen atoms in total. The number of alkyl halides is 6. The Labute approximate surface area is 269 Å². The van der Waals surface area contributed by atoms with Gasteiger partial charge < -0.3 is 9.80 Å². The maximum absolute atomic E-state index is 13.7. The van der Waals surface area contributed by atoms with Gasteiger partial charge in [-0.1, -0.05) is 12.2 Å². The molecule has 2 saturated heterocycles. The summed E-state index contributed by atoms with van der Waals surface area (Å²) in [5.41, 5.74) is -8.15. The first-order valence-electron chi connectivity index (χ1n) is 13.7. The Morgan fingerprint density at radius 3 is 1.65 bits per heavy atom. The smallest absolute Gasteiger partial charge is 0.306 e. The van der Waals surface area contributed by atoms with Gasteiger partial charge in [0.1, 0.15) is 17.1 Å². The maximum Gasteiger partial charge on any atom is 0.419 e. The summed E-state index contributed by atoms with van der Waals surface area (Å²) in [6, 6.07) is 1.69. The fourth-order valence-electron chi connectivity index (χ4n) is 5.18. The van der Waals surface area contributed by atoms with Gasteiger partial charge in [0.05, 0.1) is 33.6 Å². The van der Waals surface area contributed by atoms with Crippen molar-refractivity contribution >= 4 is 45.1 Å². The van der Waals surface area contributed by atoms with Gasteiger partial charge in [-0.3, -0.25) is 9.59 Å². The number of amides is 6. The molecule has 4 rings (SSSR count). The third kappa shape index (κ3) is 6.07. The van der Waals surface area contributed by atoms with Crippen LogP contribution in [0.15, 0.2) is 47.5 Å². The number of aromatic nitrogens is 1. The van der Waals surface area contributed by atoms with E-state index in [0.29, 0.717) is 34.3 Å². The molecule has 1 aromatic heterocycles. The molecule has 2 aliphatic rings. The van der Waals surface area contributed by atoms with Gasteiger partial charge in [0.15, 0.2) is 15.5 Å². The molecule has 0 atom stereocenters. The number of sulfone groups is 1. The van der Waals surface area contributed by atoms with Crippen LogP contribution in [-0.2, 0) is 31.8 Å². The highest BCUT2D eigenvalue weighted by molar-refractivity contribution is 7.90. The van der Waals surface area contributed by atoms with E-state index in [1.54, 1.807) is 0 Å². The van der Waals surface area contributed by atoms with E-state index in [0.717, 1.165) is 22.1 Å². The number of hydrogen-bond donors (Lipinski definition) is 0. The van der Waals surface area contributed by atoms with Gasteiger partial charge in [-0.15, -0.1) is 0 Å². The summed E-state index contributed by atoms with van der Waals surface area (Å²) in [6.45, 7) is 4.75. The lowest BCUT2D eigenvalue weighted by atomic mass is 10.0. The Morgan fingerprint density at radius 1 is 0.792 bits per heavy atom. The van der Waals surface area contributed by atoms with Crippen LogP contribution >= 0.6 is 0 Å². The molecule has 0 unspecified atom stereocenters. The molecule has 2 fully saturated rings.